The summed E-state index contributed by atoms with van der Waals surface area (Å²) in [6.07, 6.45) is 4.13. The maximum Gasteiger partial charge on any atom is 0.158 e. The summed E-state index contributed by atoms with van der Waals surface area (Å²) in [4.78, 5) is 8.11. The number of halogens is 2. The number of hydrogen-bond donors (Lipinski definition) is 1. The second-order valence-corrected chi connectivity index (χ2v) is 5.89. The molecule has 2 aromatic rings. The molecule has 1 fully saturated rings. The topological polar surface area (TPSA) is 61.6 Å². The van der Waals surface area contributed by atoms with Crippen molar-refractivity contribution < 1.29 is 0 Å². The Balaban J connectivity index is 1.57. The van der Waals surface area contributed by atoms with Crippen molar-refractivity contribution in [2.75, 3.05) is 11.9 Å². The minimum absolute atomic E-state index is 0.317. The minimum atomic E-state index is 0.317. The molecule has 0 radical (unpaired) electrons. The van der Waals surface area contributed by atoms with Gasteiger partial charge in [-0.2, -0.15) is 5.26 Å². The summed E-state index contributed by atoms with van der Waals surface area (Å²) in [6, 6.07) is 7.60. The largest absolute Gasteiger partial charge is 0.368 e. The molecule has 1 aliphatic rings. The van der Waals surface area contributed by atoms with Crippen LogP contribution < -0.4 is 5.32 Å². The van der Waals surface area contributed by atoms with Gasteiger partial charge in [-0.05, 0) is 36.0 Å². The molecule has 21 heavy (non-hydrogen) atoms. The van der Waals surface area contributed by atoms with E-state index in [0.29, 0.717) is 28.4 Å². The Kier molecular flexibility index (Phi) is 3.96. The summed E-state index contributed by atoms with van der Waals surface area (Å²) < 4.78 is 0. The Bertz CT molecular complexity index is 694. The fourth-order valence-electron chi connectivity index (χ4n) is 2.37. The molecule has 4 nitrogen and oxygen atoms in total. The molecular weight excluding hydrogens is 307 g/mol. The molecule has 2 atom stereocenters. The van der Waals surface area contributed by atoms with E-state index >= 15 is 0 Å². The van der Waals surface area contributed by atoms with E-state index in [1.807, 2.05) is 18.2 Å². The first-order valence-corrected chi connectivity index (χ1v) is 7.34. The van der Waals surface area contributed by atoms with Gasteiger partial charge in [-0.1, -0.05) is 29.3 Å². The fourth-order valence-corrected chi connectivity index (χ4v) is 2.92. The van der Waals surface area contributed by atoms with Crippen molar-refractivity contribution in [3.05, 3.63) is 51.9 Å². The molecule has 0 bridgehead atoms. The van der Waals surface area contributed by atoms with Crippen LogP contribution in [-0.2, 0) is 0 Å². The number of aromatic nitrogens is 2. The van der Waals surface area contributed by atoms with E-state index in [9.17, 15) is 0 Å². The highest BCUT2D eigenvalue weighted by Gasteiger charge is 2.39. The van der Waals surface area contributed by atoms with E-state index in [1.54, 1.807) is 12.3 Å². The van der Waals surface area contributed by atoms with Gasteiger partial charge in [0.2, 0.25) is 0 Å². The van der Waals surface area contributed by atoms with Gasteiger partial charge >= 0.3 is 0 Å². The van der Waals surface area contributed by atoms with Crippen LogP contribution in [0.2, 0.25) is 10.0 Å². The molecule has 1 N–H and O–H groups in total. The average molecular weight is 319 g/mol. The SMILES string of the molecule is N#Cc1cnc(NCC2CC2c2ccc(Cl)cc2Cl)cn1. The van der Waals surface area contributed by atoms with Crippen LogP contribution in [-0.4, -0.2) is 16.5 Å². The van der Waals surface area contributed by atoms with Crippen molar-refractivity contribution in [3.8, 4) is 6.07 Å². The molecule has 1 aromatic carbocycles. The number of nitriles is 1. The van der Waals surface area contributed by atoms with Crippen molar-refractivity contribution >= 4 is 29.0 Å². The van der Waals surface area contributed by atoms with Crippen molar-refractivity contribution in [1.29, 1.82) is 5.26 Å². The van der Waals surface area contributed by atoms with Crippen LogP contribution in [0.15, 0.2) is 30.6 Å². The van der Waals surface area contributed by atoms with Gasteiger partial charge < -0.3 is 5.32 Å². The lowest BCUT2D eigenvalue weighted by molar-refractivity contribution is 0.838. The summed E-state index contributed by atoms with van der Waals surface area (Å²) in [5.41, 5.74) is 1.47. The lowest BCUT2D eigenvalue weighted by Crippen LogP contribution is -2.06. The first-order chi connectivity index (χ1) is 10.2. The van der Waals surface area contributed by atoms with E-state index in [-0.39, 0.29) is 0 Å². The number of hydrogen-bond acceptors (Lipinski definition) is 4. The zero-order chi connectivity index (χ0) is 14.8. The van der Waals surface area contributed by atoms with E-state index in [0.717, 1.165) is 23.6 Å². The fraction of sp³-hybridized carbons (Fsp3) is 0.267. The van der Waals surface area contributed by atoms with E-state index < -0.39 is 0 Å². The molecule has 0 aliphatic heterocycles. The van der Waals surface area contributed by atoms with Gasteiger partial charge in [0, 0.05) is 16.6 Å². The van der Waals surface area contributed by atoms with Gasteiger partial charge in [0.05, 0.1) is 12.4 Å². The zero-order valence-corrected chi connectivity index (χ0v) is 12.6. The number of nitrogens with one attached hydrogen (secondary N) is 1. The highest BCUT2D eigenvalue weighted by molar-refractivity contribution is 6.35. The van der Waals surface area contributed by atoms with Crippen molar-refractivity contribution in [1.82, 2.24) is 9.97 Å². The molecule has 2 unspecified atom stereocenters. The molecule has 106 valence electrons. The molecule has 6 heteroatoms. The Morgan fingerprint density at radius 1 is 1.29 bits per heavy atom. The van der Waals surface area contributed by atoms with Crippen molar-refractivity contribution in [3.63, 3.8) is 0 Å². The van der Waals surface area contributed by atoms with Crippen LogP contribution in [0.4, 0.5) is 5.82 Å². The van der Waals surface area contributed by atoms with Gasteiger partial charge in [-0.3, -0.25) is 0 Å². The molecule has 0 amide bonds. The normalized spacial score (nSPS) is 19.9. The first-order valence-electron chi connectivity index (χ1n) is 6.58. The molecule has 1 heterocycles. The smallest absolute Gasteiger partial charge is 0.158 e. The standard InChI is InChI=1S/C15H12Cl2N4/c16-10-1-2-12(14(17)4-10)13-3-9(13)6-20-15-8-19-11(5-18)7-21-15/h1-2,4,7-9,13H,3,6H2,(H,20,21). The van der Waals surface area contributed by atoms with Gasteiger partial charge in [0.1, 0.15) is 11.9 Å². The maximum absolute atomic E-state index is 8.67. The summed E-state index contributed by atoms with van der Waals surface area (Å²) in [7, 11) is 0. The molecule has 0 spiro atoms. The number of rotatable bonds is 4. The lowest BCUT2D eigenvalue weighted by Gasteiger charge is -2.06. The Morgan fingerprint density at radius 2 is 2.14 bits per heavy atom. The van der Waals surface area contributed by atoms with Gasteiger partial charge in [0.15, 0.2) is 5.69 Å². The first kappa shape index (κ1) is 14.1. The third kappa shape index (κ3) is 3.26. The Labute approximate surface area is 132 Å². The van der Waals surface area contributed by atoms with E-state index in [2.05, 4.69) is 15.3 Å². The van der Waals surface area contributed by atoms with Gasteiger partial charge in [-0.25, -0.2) is 9.97 Å². The number of benzene rings is 1. The summed E-state index contributed by atoms with van der Waals surface area (Å²) in [5.74, 6) is 1.68. The number of anilines is 1. The Hall–Kier alpha value is -1.83. The van der Waals surface area contributed by atoms with Gasteiger partial charge in [0.25, 0.3) is 0 Å². The van der Waals surface area contributed by atoms with Crippen LogP contribution in [0.3, 0.4) is 0 Å². The summed E-state index contributed by atoms with van der Waals surface area (Å²) >= 11 is 12.1. The molecule has 1 saturated carbocycles. The lowest BCUT2D eigenvalue weighted by atomic mass is 10.1. The predicted molar refractivity (Wildman–Crippen MR) is 82.5 cm³/mol. The van der Waals surface area contributed by atoms with Crippen LogP contribution in [0.25, 0.3) is 0 Å². The zero-order valence-electron chi connectivity index (χ0n) is 11.1. The molecule has 1 aromatic heterocycles. The van der Waals surface area contributed by atoms with Crippen LogP contribution in [0.5, 0.6) is 0 Å². The molecule has 0 saturated heterocycles. The number of nitrogens with zero attached hydrogens (tertiary/aromatic N) is 3. The summed E-state index contributed by atoms with van der Waals surface area (Å²) in [5, 5.41) is 13.3. The molecule has 3 rings (SSSR count). The second kappa shape index (κ2) is 5.88. The second-order valence-electron chi connectivity index (χ2n) is 5.05. The quantitative estimate of drug-likeness (QED) is 0.929. The van der Waals surface area contributed by atoms with Crippen molar-refractivity contribution in [2.24, 2.45) is 5.92 Å². The molecule has 1 aliphatic carbocycles. The average Bonchev–Trinajstić information content (AvgIpc) is 3.25. The highest BCUT2D eigenvalue weighted by atomic mass is 35.5. The predicted octanol–water partition coefficient (Wildman–Crippen LogP) is 3.87. The Morgan fingerprint density at radius 3 is 2.81 bits per heavy atom. The van der Waals surface area contributed by atoms with Crippen molar-refractivity contribution in [2.45, 2.75) is 12.3 Å². The highest BCUT2D eigenvalue weighted by Crippen LogP contribution is 2.49. The maximum atomic E-state index is 8.67. The minimum Gasteiger partial charge on any atom is -0.368 e. The van der Waals surface area contributed by atoms with Crippen LogP contribution >= 0.6 is 23.2 Å². The monoisotopic (exact) mass is 318 g/mol. The van der Waals surface area contributed by atoms with Crippen LogP contribution in [0.1, 0.15) is 23.6 Å². The van der Waals surface area contributed by atoms with Gasteiger partial charge in [-0.15, -0.1) is 0 Å². The third-order valence-corrected chi connectivity index (χ3v) is 4.16. The van der Waals surface area contributed by atoms with Crippen LogP contribution in [0, 0.1) is 17.2 Å². The molecular formula is C15H12Cl2N4. The van der Waals surface area contributed by atoms with E-state index in [1.165, 1.54) is 6.20 Å². The van der Waals surface area contributed by atoms with E-state index in [4.69, 9.17) is 28.5 Å². The third-order valence-electron chi connectivity index (χ3n) is 3.60. The summed E-state index contributed by atoms with van der Waals surface area (Å²) in [6.45, 7) is 0.810.